The second-order valence-corrected chi connectivity index (χ2v) is 7.14. The maximum atomic E-state index is 12.3. The van der Waals surface area contributed by atoms with Crippen LogP contribution >= 0.6 is 35.0 Å². The van der Waals surface area contributed by atoms with Gasteiger partial charge in [-0.3, -0.25) is 4.79 Å². The molecule has 0 aliphatic heterocycles. The zero-order valence-electron chi connectivity index (χ0n) is 13.0. The predicted octanol–water partition coefficient (Wildman–Crippen LogP) is 2.70. The van der Waals surface area contributed by atoms with Gasteiger partial charge in [-0.25, -0.2) is 0 Å². The molecule has 24 heavy (non-hydrogen) atoms. The molecule has 7 nitrogen and oxygen atoms in total. The van der Waals surface area contributed by atoms with Crippen molar-refractivity contribution in [3.05, 3.63) is 33.8 Å². The lowest BCUT2D eigenvalue weighted by Crippen LogP contribution is -2.33. The fourth-order valence-electron chi connectivity index (χ4n) is 1.91. The van der Waals surface area contributed by atoms with Crippen LogP contribution in [0.2, 0.25) is 10.0 Å². The molecule has 0 aliphatic rings. The van der Waals surface area contributed by atoms with E-state index in [0.29, 0.717) is 15.2 Å². The Labute approximate surface area is 153 Å². The van der Waals surface area contributed by atoms with Crippen molar-refractivity contribution < 1.29 is 4.79 Å². The molecular weight excluding hydrogens is 371 g/mol. The molecule has 0 saturated heterocycles. The number of hydrogen-bond donors (Lipinski definition) is 3. The van der Waals surface area contributed by atoms with Gasteiger partial charge in [0.25, 0.3) is 0 Å². The second kappa shape index (κ2) is 7.87. The number of nitrogens with one attached hydrogen (secondary N) is 1. The fourth-order valence-corrected chi connectivity index (χ4v) is 3.27. The molecule has 2 aromatic rings. The Hall–Kier alpha value is -1.77. The number of carbonyl (C=O) groups excluding carboxylic acids is 1. The van der Waals surface area contributed by atoms with Crippen molar-refractivity contribution in [1.29, 1.82) is 0 Å². The molecular formula is C14H16Cl2N6OS. The van der Waals surface area contributed by atoms with Crippen LogP contribution in [0.25, 0.3) is 0 Å². The van der Waals surface area contributed by atoms with E-state index in [9.17, 15) is 4.79 Å². The van der Waals surface area contributed by atoms with Crippen molar-refractivity contribution in [3.8, 4) is 0 Å². The molecule has 0 fully saturated rings. The summed E-state index contributed by atoms with van der Waals surface area (Å²) in [5.41, 5.74) is 11.8. The van der Waals surface area contributed by atoms with Crippen molar-refractivity contribution >= 4 is 52.8 Å². The lowest BCUT2D eigenvalue weighted by Gasteiger charge is -2.18. The monoisotopic (exact) mass is 386 g/mol. The summed E-state index contributed by atoms with van der Waals surface area (Å²) in [6.45, 7) is 3.57. The van der Waals surface area contributed by atoms with E-state index in [1.807, 2.05) is 6.92 Å². The third kappa shape index (κ3) is 4.86. The molecule has 0 saturated carbocycles. The first-order valence-electron chi connectivity index (χ1n) is 6.95. The van der Waals surface area contributed by atoms with Crippen LogP contribution in [0.4, 0.5) is 11.9 Å². The molecule has 0 bridgehead atoms. The molecule has 2 rings (SSSR count). The quantitative estimate of drug-likeness (QED) is 0.675. The molecule has 0 unspecified atom stereocenters. The van der Waals surface area contributed by atoms with Crippen LogP contribution in [0.3, 0.4) is 0 Å². The van der Waals surface area contributed by atoms with Gasteiger partial charge in [-0.2, -0.15) is 15.0 Å². The molecule has 0 aliphatic carbocycles. The second-order valence-electron chi connectivity index (χ2n) is 4.99. The molecule has 0 spiro atoms. The Bertz CT molecular complexity index is 740. The zero-order chi connectivity index (χ0) is 17.9. The highest BCUT2D eigenvalue weighted by atomic mass is 35.5. The van der Waals surface area contributed by atoms with Crippen LogP contribution in [0.1, 0.15) is 25.5 Å². The van der Waals surface area contributed by atoms with E-state index < -0.39 is 5.25 Å². The minimum atomic E-state index is -0.459. The summed E-state index contributed by atoms with van der Waals surface area (Å²) in [4.78, 5) is 23.9. The third-order valence-corrected chi connectivity index (χ3v) is 4.61. The van der Waals surface area contributed by atoms with Gasteiger partial charge in [0.15, 0.2) is 5.16 Å². The highest BCUT2D eigenvalue weighted by molar-refractivity contribution is 8.00. The highest BCUT2D eigenvalue weighted by Crippen LogP contribution is 2.27. The number of benzene rings is 1. The molecule has 5 N–H and O–H groups in total. The van der Waals surface area contributed by atoms with Gasteiger partial charge >= 0.3 is 0 Å². The maximum absolute atomic E-state index is 12.3. The van der Waals surface area contributed by atoms with E-state index >= 15 is 0 Å². The Morgan fingerprint density at radius 2 is 1.79 bits per heavy atom. The number of carbonyl (C=O) groups is 1. The average Bonchev–Trinajstić information content (AvgIpc) is 2.45. The average molecular weight is 387 g/mol. The molecule has 1 heterocycles. The van der Waals surface area contributed by atoms with Crippen molar-refractivity contribution in [3.63, 3.8) is 0 Å². The van der Waals surface area contributed by atoms with Gasteiger partial charge in [0.1, 0.15) is 0 Å². The summed E-state index contributed by atoms with van der Waals surface area (Å²) in [5, 5.41) is 3.75. The highest BCUT2D eigenvalue weighted by Gasteiger charge is 2.20. The number of nitrogens with two attached hydrogens (primary N) is 2. The first kappa shape index (κ1) is 18.6. The van der Waals surface area contributed by atoms with Crippen molar-refractivity contribution in [2.24, 2.45) is 0 Å². The number of anilines is 2. The van der Waals surface area contributed by atoms with Crippen molar-refractivity contribution in [2.45, 2.75) is 30.3 Å². The smallest absolute Gasteiger partial charge is 0.233 e. The SMILES string of the molecule is C[C@@H](Sc1nc(N)nc(N)n1)C(=O)N[C@H](C)c1ccc(Cl)cc1Cl. The first-order valence-corrected chi connectivity index (χ1v) is 8.59. The van der Waals surface area contributed by atoms with Crippen LogP contribution in [-0.2, 0) is 4.79 Å². The van der Waals surface area contributed by atoms with E-state index in [0.717, 1.165) is 17.3 Å². The zero-order valence-corrected chi connectivity index (χ0v) is 15.3. The van der Waals surface area contributed by atoms with Crippen molar-refractivity contribution in [1.82, 2.24) is 20.3 Å². The third-order valence-electron chi connectivity index (χ3n) is 3.09. The Balaban J connectivity index is 2.02. The van der Waals surface area contributed by atoms with E-state index in [1.54, 1.807) is 25.1 Å². The summed E-state index contributed by atoms with van der Waals surface area (Å²) in [5.74, 6) is -0.172. The topological polar surface area (TPSA) is 120 Å². The van der Waals surface area contributed by atoms with Crippen LogP contribution in [-0.4, -0.2) is 26.1 Å². The van der Waals surface area contributed by atoms with Crippen LogP contribution in [0, 0.1) is 0 Å². The Morgan fingerprint density at radius 3 is 2.38 bits per heavy atom. The summed E-state index contributed by atoms with van der Waals surface area (Å²) in [6.07, 6.45) is 0. The van der Waals surface area contributed by atoms with Gasteiger partial charge in [-0.1, -0.05) is 41.0 Å². The normalized spacial score (nSPS) is 13.3. The number of aromatic nitrogens is 3. The number of amides is 1. The first-order chi connectivity index (χ1) is 11.3. The number of nitrogen functional groups attached to an aromatic ring is 2. The van der Waals surface area contributed by atoms with Gasteiger partial charge < -0.3 is 16.8 Å². The number of rotatable bonds is 5. The summed E-state index contributed by atoms with van der Waals surface area (Å²) in [7, 11) is 0. The van der Waals surface area contributed by atoms with Gasteiger partial charge in [-0.05, 0) is 31.5 Å². The van der Waals surface area contributed by atoms with Gasteiger partial charge in [0.2, 0.25) is 17.8 Å². The van der Waals surface area contributed by atoms with E-state index in [-0.39, 0.29) is 23.8 Å². The number of thioether (sulfide) groups is 1. The molecule has 0 radical (unpaired) electrons. The van der Waals surface area contributed by atoms with Gasteiger partial charge in [-0.15, -0.1) is 0 Å². The molecule has 10 heteroatoms. The van der Waals surface area contributed by atoms with Gasteiger partial charge in [0.05, 0.1) is 11.3 Å². The number of halogens is 2. The molecule has 1 aromatic carbocycles. The molecule has 1 amide bonds. The van der Waals surface area contributed by atoms with Crippen molar-refractivity contribution in [2.75, 3.05) is 11.5 Å². The van der Waals surface area contributed by atoms with Crippen LogP contribution in [0.15, 0.2) is 23.4 Å². The molecule has 1 aromatic heterocycles. The van der Waals surface area contributed by atoms with Crippen LogP contribution < -0.4 is 16.8 Å². The largest absolute Gasteiger partial charge is 0.368 e. The lowest BCUT2D eigenvalue weighted by molar-refractivity contribution is -0.120. The van der Waals surface area contributed by atoms with E-state index in [1.165, 1.54) is 0 Å². The van der Waals surface area contributed by atoms with Crippen LogP contribution in [0.5, 0.6) is 0 Å². The Kier molecular flexibility index (Phi) is 6.09. The van der Waals surface area contributed by atoms with Gasteiger partial charge in [0, 0.05) is 10.0 Å². The molecule has 128 valence electrons. The van der Waals surface area contributed by atoms with E-state index in [2.05, 4.69) is 20.3 Å². The summed E-state index contributed by atoms with van der Waals surface area (Å²) >= 11 is 13.2. The fraction of sp³-hybridized carbons (Fsp3) is 0.286. The minimum Gasteiger partial charge on any atom is -0.368 e. The maximum Gasteiger partial charge on any atom is 0.233 e. The number of hydrogen-bond acceptors (Lipinski definition) is 7. The Morgan fingerprint density at radius 1 is 1.17 bits per heavy atom. The lowest BCUT2D eigenvalue weighted by atomic mass is 10.1. The standard InChI is InChI=1S/C14H16Cl2N6OS/c1-6(9-4-3-8(15)5-10(9)16)19-11(23)7(2)24-14-21-12(17)20-13(18)22-14/h3-7H,1-2H3,(H,19,23)(H4,17,18,20,21,22)/t6-,7-/m1/s1. The minimum absolute atomic E-state index is 0.0129. The molecule has 2 atom stereocenters. The summed E-state index contributed by atoms with van der Waals surface area (Å²) < 4.78 is 0. The predicted molar refractivity (Wildman–Crippen MR) is 97.0 cm³/mol. The van der Waals surface area contributed by atoms with E-state index in [4.69, 9.17) is 34.7 Å². The number of nitrogens with zero attached hydrogens (tertiary/aromatic N) is 3. The summed E-state index contributed by atoms with van der Waals surface area (Å²) in [6, 6.07) is 4.86.